The molecule has 0 spiro atoms. The summed E-state index contributed by atoms with van der Waals surface area (Å²) < 4.78 is 1.15. The fourth-order valence-corrected chi connectivity index (χ4v) is 4.02. The quantitative estimate of drug-likeness (QED) is 0.149. The van der Waals surface area contributed by atoms with Gasteiger partial charge in [-0.1, -0.05) is 30.3 Å². The SMILES string of the molecule is O=[N+]([O-])c1ccc(-c2nc3c4cc(I)ccc4c4ccccc4c3[nH]2)cc1. The Bertz CT molecular complexity index is 1360. The minimum absolute atomic E-state index is 0.0697. The lowest BCUT2D eigenvalue weighted by Gasteiger charge is -2.06. The fourth-order valence-electron chi connectivity index (χ4n) is 3.52. The summed E-state index contributed by atoms with van der Waals surface area (Å²) in [4.78, 5) is 18.8. The Morgan fingerprint density at radius 1 is 0.889 bits per heavy atom. The molecule has 0 saturated carbocycles. The molecule has 1 aromatic heterocycles. The molecule has 130 valence electrons. The molecule has 0 aliphatic heterocycles. The normalized spacial score (nSPS) is 11.4. The Morgan fingerprint density at radius 2 is 1.59 bits per heavy atom. The number of halogens is 1. The van der Waals surface area contributed by atoms with Gasteiger partial charge in [0.1, 0.15) is 5.82 Å². The van der Waals surface area contributed by atoms with Crippen molar-refractivity contribution in [3.63, 3.8) is 0 Å². The zero-order chi connectivity index (χ0) is 18.5. The molecule has 0 amide bonds. The Morgan fingerprint density at radius 3 is 2.33 bits per heavy atom. The molecule has 5 nitrogen and oxygen atoms in total. The summed E-state index contributed by atoms with van der Waals surface area (Å²) in [5, 5.41) is 15.4. The topological polar surface area (TPSA) is 71.8 Å². The first-order valence-electron chi connectivity index (χ1n) is 8.36. The number of imidazole rings is 1. The molecule has 0 atom stereocenters. The highest BCUT2D eigenvalue weighted by Crippen LogP contribution is 2.36. The standard InChI is InChI=1S/C21H12IN3O2/c22-13-7-10-16-15-3-1-2-4-17(15)19-20(18(16)11-13)24-21(23-19)12-5-8-14(9-6-12)25(26)27/h1-11H,(H,23,24). The second kappa shape index (κ2) is 6.02. The maximum atomic E-state index is 10.9. The second-order valence-electron chi connectivity index (χ2n) is 6.35. The van der Waals surface area contributed by atoms with Crippen LogP contribution >= 0.6 is 22.6 Å². The Balaban J connectivity index is 1.84. The van der Waals surface area contributed by atoms with Crippen molar-refractivity contribution in [1.29, 1.82) is 0 Å². The van der Waals surface area contributed by atoms with Crippen LogP contribution in [0.25, 0.3) is 44.0 Å². The third kappa shape index (κ3) is 2.56. The summed E-state index contributed by atoms with van der Waals surface area (Å²) in [5.74, 6) is 0.705. The van der Waals surface area contributed by atoms with E-state index in [1.807, 2.05) is 12.1 Å². The first-order valence-corrected chi connectivity index (χ1v) is 9.44. The van der Waals surface area contributed by atoms with Crippen LogP contribution in [0.1, 0.15) is 0 Å². The lowest BCUT2D eigenvalue weighted by atomic mass is 10.0. The van der Waals surface area contributed by atoms with E-state index in [0.29, 0.717) is 5.82 Å². The van der Waals surface area contributed by atoms with Gasteiger partial charge in [-0.15, -0.1) is 0 Å². The van der Waals surface area contributed by atoms with Crippen molar-refractivity contribution >= 4 is 60.9 Å². The van der Waals surface area contributed by atoms with Gasteiger partial charge in [0, 0.05) is 32.0 Å². The zero-order valence-electron chi connectivity index (χ0n) is 13.9. The van der Waals surface area contributed by atoms with E-state index in [0.717, 1.165) is 30.9 Å². The molecular weight excluding hydrogens is 453 g/mol. The number of H-pyrrole nitrogens is 1. The van der Waals surface area contributed by atoms with Gasteiger partial charge < -0.3 is 4.98 Å². The van der Waals surface area contributed by atoms with Gasteiger partial charge in [0.2, 0.25) is 0 Å². The summed E-state index contributed by atoms with van der Waals surface area (Å²) >= 11 is 2.31. The van der Waals surface area contributed by atoms with Gasteiger partial charge in [0.15, 0.2) is 0 Å². The van der Waals surface area contributed by atoms with Crippen molar-refractivity contribution in [3.05, 3.63) is 80.4 Å². The number of nitrogens with one attached hydrogen (secondary N) is 1. The van der Waals surface area contributed by atoms with Crippen LogP contribution in [0.15, 0.2) is 66.7 Å². The lowest BCUT2D eigenvalue weighted by molar-refractivity contribution is -0.384. The van der Waals surface area contributed by atoms with Crippen LogP contribution in [-0.4, -0.2) is 14.9 Å². The molecule has 0 saturated heterocycles. The van der Waals surface area contributed by atoms with Gasteiger partial charge in [-0.2, -0.15) is 0 Å². The second-order valence-corrected chi connectivity index (χ2v) is 7.59. The Kier molecular flexibility index (Phi) is 3.61. The molecule has 0 bridgehead atoms. The molecule has 0 radical (unpaired) electrons. The number of rotatable bonds is 2. The molecule has 0 unspecified atom stereocenters. The number of aromatic amines is 1. The van der Waals surface area contributed by atoms with E-state index in [1.165, 1.54) is 22.9 Å². The summed E-state index contributed by atoms with van der Waals surface area (Å²) in [6.07, 6.45) is 0. The van der Waals surface area contributed by atoms with Gasteiger partial charge >= 0.3 is 0 Å². The maximum Gasteiger partial charge on any atom is 0.269 e. The molecule has 0 aliphatic rings. The van der Waals surface area contributed by atoms with E-state index in [1.54, 1.807) is 12.1 Å². The van der Waals surface area contributed by atoms with E-state index >= 15 is 0 Å². The Hall–Kier alpha value is -3.00. The molecule has 6 heteroatoms. The molecule has 1 heterocycles. The van der Waals surface area contributed by atoms with E-state index < -0.39 is 4.92 Å². The van der Waals surface area contributed by atoms with Gasteiger partial charge in [0.25, 0.3) is 5.69 Å². The highest BCUT2D eigenvalue weighted by atomic mass is 127. The van der Waals surface area contributed by atoms with E-state index in [4.69, 9.17) is 4.98 Å². The average molecular weight is 465 g/mol. The van der Waals surface area contributed by atoms with Crippen LogP contribution in [0, 0.1) is 13.7 Å². The minimum atomic E-state index is -0.397. The average Bonchev–Trinajstić information content (AvgIpc) is 3.14. The van der Waals surface area contributed by atoms with Crippen LogP contribution in [0.4, 0.5) is 5.69 Å². The lowest BCUT2D eigenvalue weighted by Crippen LogP contribution is -1.87. The van der Waals surface area contributed by atoms with Gasteiger partial charge in [0.05, 0.1) is 16.0 Å². The van der Waals surface area contributed by atoms with E-state index in [-0.39, 0.29) is 5.69 Å². The molecule has 0 aliphatic carbocycles. The summed E-state index contributed by atoms with van der Waals surface area (Å²) in [6, 6.07) is 21.1. The predicted molar refractivity (Wildman–Crippen MR) is 116 cm³/mol. The van der Waals surface area contributed by atoms with Crippen molar-refractivity contribution in [2.45, 2.75) is 0 Å². The van der Waals surface area contributed by atoms with Crippen LogP contribution < -0.4 is 0 Å². The summed E-state index contributed by atoms with van der Waals surface area (Å²) in [6.45, 7) is 0. The van der Waals surface area contributed by atoms with Crippen molar-refractivity contribution in [3.8, 4) is 11.4 Å². The van der Waals surface area contributed by atoms with E-state index in [9.17, 15) is 10.1 Å². The maximum absolute atomic E-state index is 10.9. The molecule has 0 fully saturated rings. The molecular formula is C21H12IN3O2. The van der Waals surface area contributed by atoms with Crippen LogP contribution in [0.5, 0.6) is 0 Å². The molecule has 27 heavy (non-hydrogen) atoms. The predicted octanol–water partition coefficient (Wildman–Crippen LogP) is 6.05. The summed E-state index contributed by atoms with van der Waals surface area (Å²) in [5.41, 5.74) is 2.78. The van der Waals surface area contributed by atoms with Crippen LogP contribution in [0.3, 0.4) is 0 Å². The fraction of sp³-hybridized carbons (Fsp3) is 0. The van der Waals surface area contributed by atoms with Gasteiger partial charge in [-0.05, 0) is 57.6 Å². The number of aromatic nitrogens is 2. The molecule has 1 N–H and O–H groups in total. The van der Waals surface area contributed by atoms with Gasteiger partial charge in [-0.25, -0.2) is 4.98 Å². The van der Waals surface area contributed by atoms with Gasteiger partial charge in [-0.3, -0.25) is 10.1 Å². The highest BCUT2D eigenvalue weighted by Gasteiger charge is 2.14. The van der Waals surface area contributed by atoms with Crippen LogP contribution in [-0.2, 0) is 0 Å². The van der Waals surface area contributed by atoms with E-state index in [2.05, 4.69) is 57.9 Å². The minimum Gasteiger partial charge on any atom is -0.337 e. The third-order valence-electron chi connectivity index (χ3n) is 4.78. The number of non-ortho nitro benzene ring substituents is 1. The largest absolute Gasteiger partial charge is 0.337 e. The zero-order valence-corrected chi connectivity index (χ0v) is 16.1. The number of fused-ring (bicyclic) bond motifs is 6. The highest BCUT2D eigenvalue weighted by molar-refractivity contribution is 14.1. The third-order valence-corrected chi connectivity index (χ3v) is 5.45. The van der Waals surface area contributed by atoms with Crippen LogP contribution in [0.2, 0.25) is 0 Å². The first-order chi connectivity index (χ1) is 13.1. The number of hydrogen-bond acceptors (Lipinski definition) is 3. The Labute approximate surface area is 167 Å². The number of nitrogens with zero attached hydrogens (tertiary/aromatic N) is 2. The smallest absolute Gasteiger partial charge is 0.269 e. The molecule has 5 rings (SSSR count). The molecule has 4 aromatic carbocycles. The van der Waals surface area contributed by atoms with Crippen molar-refractivity contribution in [2.75, 3.05) is 0 Å². The number of nitro groups is 1. The first kappa shape index (κ1) is 16.2. The number of hydrogen-bond donors (Lipinski definition) is 1. The van der Waals surface area contributed by atoms with Crippen molar-refractivity contribution in [1.82, 2.24) is 9.97 Å². The number of nitro benzene ring substituents is 1. The number of benzene rings is 4. The molecule has 5 aromatic rings. The summed E-state index contributed by atoms with van der Waals surface area (Å²) in [7, 11) is 0. The van der Waals surface area contributed by atoms with Crippen molar-refractivity contribution < 1.29 is 4.92 Å². The van der Waals surface area contributed by atoms with Crippen molar-refractivity contribution in [2.24, 2.45) is 0 Å². The monoisotopic (exact) mass is 465 g/mol.